The molecule has 220 valence electrons. The van der Waals surface area contributed by atoms with Gasteiger partial charge >= 0.3 is 5.97 Å². The van der Waals surface area contributed by atoms with Gasteiger partial charge in [0.15, 0.2) is 0 Å². The quantitative estimate of drug-likeness (QED) is 0.150. The lowest BCUT2D eigenvalue weighted by Gasteiger charge is -2.23. The van der Waals surface area contributed by atoms with Crippen LogP contribution in [-0.4, -0.2) is 21.6 Å². The molecule has 2 aromatic heterocycles. The number of nitrogens with zero attached hydrogens (tertiary/aromatic N) is 1. The second kappa shape index (κ2) is 13.4. The number of aromatic nitrogens is 1. The molecule has 0 fully saturated rings. The van der Waals surface area contributed by atoms with E-state index in [1.807, 2.05) is 61.0 Å². The first kappa shape index (κ1) is 29.6. The van der Waals surface area contributed by atoms with Gasteiger partial charge in [-0.15, -0.1) is 0 Å². The van der Waals surface area contributed by atoms with Crippen LogP contribution in [0.15, 0.2) is 107 Å². The Morgan fingerprint density at radius 2 is 1.67 bits per heavy atom. The van der Waals surface area contributed by atoms with Crippen LogP contribution in [0.1, 0.15) is 55.7 Å². The Labute approximate surface area is 250 Å². The summed E-state index contributed by atoms with van der Waals surface area (Å²) >= 11 is 0. The maximum absolute atomic E-state index is 13.3. The summed E-state index contributed by atoms with van der Waals surface area (Å²) in [4.78, 5) is 36.7. The number of aliphatic carboxylic acids is 1. The standard InChI is InChI=1S/C36H36N2O5/c1-3-24(2)35(30-23-43-32-14-8-7-13-29(30)32)27-17-15-26(16-18-27)28-20-31(37-33(39)21-34(40)41)36(42)38(22-28)19-9-12-25-10-5-4-6-11-25/h4-8,10-11,13-18,20,22-24,35H,3,9,12,19,21H2,1-2H3,(H,37,39)(H,40,41). The Kier molecular flexibility index (Phi) is 9.20. The van der Waals surface area contributed by atoms with Crippen LogP contribution in [0, 0.1) is 5.92 Å². The van der Waals surface area contributed by atoms with Crippen LogP contribution in [0.2, 0.25) is 0 Å². The van der Waals surface area contributed by atoms with Gasteiger partial charge in [-0.3, -0.25) is 14.4 Å². The number of hydrogen-bond donors (Lipinski definition) is 2. The third kappa shape index (κ3) is 6.95. The van der Waals surface area contributed by atoms with Gasteiger partial charge in [-0.05, 0) is 47.6 Å². The number of carboxylic acids is 1. The van der Waals surface area contributed by atoms with E-state index in [0.29, 0.717) is 12.5 Å². The van der Waals surface area contributed by atoms with Crippen LogP contribution in [0.4, 0.5) is 5.69 Å². The number of furan rings is 1. The Morgan fingerprint density at radius 1 is 0.953 bits per heavy atom. The van der Waals surface area contributed by atoms with E-state index in [0.717, 1.165) is 52.5 Å². The molecule has 2 atom stereocenters. The maximum Gasteiger partial charge on any atom is 0.312 e. The zero-order valence-corrected chi connectivity index (χ0v) is 24.5. The second-order valence-corrected chi connectivity index (χ2v) is 11.0. The first-order chi connectivity index (χ1) is 20.8. The number of benzene rings is 3. The van der Waals surface area contributed by atoms with E-state index in [1.165, 1.54) is 5.56 Å². The molecule has 2 N–H and O–H groups in total. The molecule has 0 saturated carbocycles. The fourth-order valence-corrected chi connectivity index (χ4v) is 5.65. The fourth-order valence-electron chi connectivity index (χ4n) is 5.65. The molecular weight excluding hydrogens is 540 g/mol. The minimum atomic E-state index is -1.26. The van der Waals surface area contributed by atoms with Crippen molar-refractivity contribution in [1.82, 2.24) is 4.57 Å². The summed E-state index contributed by atoms with van der Waals surface area (Å²) < 4.78 is 7.49. The summed E-state index contributed by atoms with van der Waals surface area (Å²) in [5, 5.41) is 12.7. The molecule has 0 aliphatic rings. The van der Waals surface area contributed by atoms with Crippen molar-refractivity contribution in [2.45, 2.75) is 52.0 Å². The lowest BCUT2D eigenvalue weighted by molar-refractivity contribution is -0.139. The molecule has 3 aromatic carbocycles. The summed E-state index contributed by atoms with van der Waals surface area (Å²) in [5.74, 6) is -1.49. The van der Waals surface area contributed by atoms with Gasteiger partial charge in [-0.2, -0.15) is 0 Å². The molecule has 7 heteroatoms. The third-order valence-electron chi connectivity index (χ3n) is 8.04. The number of rotatable bonds is 12. The minimum absolute atomic E-state index is 0.0647. The molecule has 1 amide bonds. The summed E-state index contributed by atoms with van der Waals surface area (Å²) in [6.45, 7) is 4.89. The number of aryl methyl sites for hydroxylation is 2. The van der Waals surface area contributed by atoms with Crippen LogP contribution in [-0.2, 0) is 22.6 Å². The second-order valence-electron chi connectivity index (χ2n) is 11.0. The molecule has 0 aliphatic heterocycles. The van der Waals surface area contributed by atoms with Crippen molar-refractivity contribution >= 4 is 28.5 Å². The van der Waals surface area contributed by atoms with E-state index in [9.17, 15) is 14.4 Å². The van der Waals surface area contributed by atoms with E-state index in [1.54, 1.807) is 10.6 Å². The van der Waals surface area contributed by atoms with Gasteiger partial charge in [-0.1, -0.05) is 93.1 Å². The molecule has 2 unspecified atom stereocenters. The maximum atomic E-state index is 13.3. The number of carbonyl (C=O) groups excluding carboxylic acids is 1. The van der Waals surface area contributed by atoms with Gasteiger partial charge < -0.3 is 19.4 Å². The zero-order valence-electron chi connectivity index (χ0n) is 24.5. The predicted molar refractivity (Wildman–Crippen MR) is 169 cm³/mol. The first-order valence-electron chi connectivity index (χ1n) is 14.7. The molecule has 43 heavy (non-hydrogen) atoms. The van der Waals surface area contributed by atoms with Crippen LogP contribution < -0.4 is 10.9 Å². The lowest BCUT2D eigenvalue weighted by Crippen LogP contribution is -2.27. The molecule has 5 aromatic rings. The van der Waals surface area contributed by atoms with E-state index in [2.05, 4.69) is 49.5 Å². The van der Waals surface area contributed by atoms with Crippen molar-refractivity contribution in [3.63, 3.8) is 0 Å². The van der Waals surface area contributed by atoms with Crippen molar-refractivity contribution in [1.29, 1.82) is 0 Å². The number of para-hydroxylation sites is 1. The van der Waals surface area contributed by atoms with Gasteiger partial charge in [0.05, 0.1) is 6.26 Å². The van der Waals surface area contributed by atoms with E-state index >= 15 is 0 Å². The molecule has 7 nitrogen and oxygen atoms in total. The van der Waals surface area contributed by atoms with Crippen LogP contribution >= 0.6 is 0 Å². The monoisotopic (exact) mass is 576 g/mol. The van der Waals surface area contributed by atoms with Crippen LogP contribution in [0.25, 0.3) is 22.1 Å². The molecule has 0 saturated heterocycles. The van der Waals surface area contributed by atoms with Gasteiger partial charge in [0.1, 0.15) is 17.7 Å². The summed E-state index contributed by atoms with van der Waals surface area (Å²) in [5.41, 5.74) is 5.71. The highest BCUT2D eigenvalue weighted by Crippen LogP contribution is 2.39. The average Bonchev–Trinajstić information content (AvgIpc) is 3.43. The van der Waals surface area contributed by atoms with E-state index in [4.69, 9.17) is 9.52 Å². The smallest absolute Gasteiger partial charge is 0.312 e. The Balaban J connectivity index is 1.47. The summed E-state index contributed by atoms with van der Waals surface area (Å²) in [7, 11) is 0. The van der Waals surface area contributed by atoms with Crippen LogP contribution in [0.3, 0.4) is 0 Å². The van der Waals surface area contributed by atoms with Gasteiger partial charge in [-0.25, -0.2) is 0 Å². The molecule has 0 spiro atoms. The molecule has 0 bridgehead atoms. The molecular formula is C36H36N2O5. The normalized spacial score (nSPS) is 12.6. The highest BCUT2D eigenvalue weighted by molar-refractivity contribution is 6.01. The lowest BCUT2D eigenvalue weighted by atomic mass is 9.80. The SMILES string of the molecule is CCC(C)C(c1ccc(-c2cc(NC(=O)CC(=O)O)c(=O)n(CCCc3ccccc3)c2)cc1)c1coc2ccccc12. The Hall–Kier alpha value is -4.91. The van der Waals surface area contributed by atoms with Crippen molar-refractivity contribution < 1.29 is 19.1 Å². The highest BCUT2D eigenvalue weighted by Gasteiger charge is 2.24. The van der Waals surface area contributed by atoms with E-state index < -0.39 is 18.3 Å². The molecule has 0 radical (unpaired) electrons. The van der Waals surface area contributed by atoms with Crippen molar-refractivity contribution in [2.24, 2.45) is 5.92 Å². The minimum Gasteiger partial charge on any atom is -0.481 e. The van der Waals surface area contributed by atoms with Gasteiger partial charge in [0.25, 0.3) is 5.56 Å². The largest absolute Gasteiger partial charge is 0.481 e. The number of fused-ring (bicyclic) bond motifs is 1. The topological polar surface area (TPSA) is 102 Å². The van der Waals surface area contributed by atoms with Crippen molar-refractivity contribution in [3.8, 4) is 11.1 Å². The zero-order chi connectivity index (χ0) is 30.3. The molecule has 0 aliphatic carbocycles. The Bertz CT molecular complexity index is 1770. The number of carboxylic acid groups (broad SMARTS) is 1. The fraction of sp³-hybridized carbons (Fsp3) is 0.250. The number of hydrogen-bond acceptors (Lipinski definition) is 4. The molecule has 5 rings (SSSR count). The van der Waals surface area contributed by atoms with E-state index in [-0.39, 0.29) is 17.2 Å². The van der Waals surface area contributed by atoms with Crippen molar-refractivity contribution in [2.75, 3.05) is 5.32 Å². The molecule has 2 heterocycles. The van der Waals surface area contributed by atoms with Gasteiger partial charge in [0, 0.05) is 35.2 Å². The summed E-state index contributed by atoms with van der Waals surface area (Å²) in [6, 6.07) is 28.0. The van der Waals surface area contributed by atoms with Gasteiger partial charge in [0.2, 0.25) is 5.91 Å². The number of carbonyl (C=O) groups is 2. The summed E-state index contributed by atoms with van der Waals surface area (Å²) in [6.07, 6.45) is 5.49. The number of amides is 1. The first-order valence-corrected chi connectivity index (χ1v) is 14.7. The highest BCUT2D eigenvalue weighted by atomic mass is 16.4. The number of anilines is 1. The van der Waals surface area contributed by atoms with Crippen molar-refractivity contribution in [3.05, 3.63) is 124 Å². The van der Waals surface area contributed by atoms with Crippen LogP contribution in [0.5, 0.6) is 0 Å². The predicted octanol–water partition coefficient (Wildman–Crippen LogP) is 7.49. The number of pyridine rings is 1. The third-order valence-corrected chi connectivity index (χ3v) is 8.04. The average molecular weight is 577 g/mol. The Morgan fingerprint density at radius 3 is 2.40 bits per heavy atom. The number of nitrogens with one attached hydrogen (secondary N) is 1.